The van der Waals surface area contributed by atoms with Gasteiger partial charge in [0.1, 0.15) is 0 Å². The van der Waals surface area contributed by atoms with Crippen LogP contribution in [0.3, 0.4) is 0 Å². The maximum atomic E-state index is 3.85. The van der Waals surface area contributed by atoms with Crippen molar-refractivity contribution >= 4 is 15.9 Å². The van der Waals surface area contributed by atoms with E-state index in [2.05, 4.69) is 51.7 Å². The number of hydrogen-bond acceptors (Lipinski definition) is 1. The molecular weight excluding hydrogens is 262 g/mol. The van der Waals surface area contributed by atoms with E-state index in [-0.39, 0.29) is 0 Å². The van der Waals surface area contributed by atoms with Crippen molar-refractivity contribution in [1.82, 2.24) is 4.90 Å². The maximum absolute atomic E-state index is 3.85. The van der Waals surface area contributed by atoms with Crippen LogP contribution < -0.4 is 0 Å². The normalized spacial score (nSPS) is 21.9. The molecule has 0 bridgehead atoms. The molecule has 1 aromatic rings. The summed E-state index contributed by atoms with van der Waals surface area (Å²) in [6.45, 7) is 6.05. The van der Waals surface area contributed by atoms with Gasteiger partial charge in [0.05, 0.1) is 0 Å². The summed E-state index contributed by atoms with van der Waals surface area (Å²) in [4.78, 5) is 2.53. The molecule has 0 N–H and O–H groups in total. The van der Waals surface area contributed by atoms with Gasteiger partial charge in [0.2, 0.25) is 0 Å². The molecule has 2 heteroatoms. The first-order valence-corrected chi connectivity index (χ1v) is 6.71. The number of piperidine rings is 1. The van der Waals surface area contributed by atoms with E-state index < -0.39 is 0 Å². The lowest BCUT2D eigenvalue weighted by atomic mass is 9.95. The Hall–Kier alpha value is -0.600. The predicted octanol–water partition coefficient (Wildman–Crippen LogP) is 4.16. The number of hydrogen-bond donors (Lipinski definition) is 0. The molecule has 2 rings (SSSR count). The highest BCUT2D eigenvalue weighted by Gasteiger charge is 2.22. The van der Waals surface area contributed by atoms with Gasteiger partial charge in [-0.1, -0.05) is 40.6 Å². The van der Waals surface area contributed by atoms with Crippen LogP contribution in [0.4, 0.5) is 0 Å². The number of nitrogens with zero attached hydrogens (tertiary/aromatic N) is 1. The Bertz CT molecular complexity index is 344. The van der Waals surface area contributed by atoms with Crippen molar-refractivity contribution in [3.05, 3.63) is 47.0 Å². The van der Waals surface area contributed by atoms with Gasteiger partial charge in [-0.2, -0.15) is 0 Å². The fourth-order valence-electron chi connectivity index (χ4n) is 2.44. The number of likely N-dealkylation sites (tertiary alicyclic amines) is 1. The molecular formula is C14H18BrN. The summed E-state index contributed by atoms with van der Waals surface area (Å²) >= 11 is 3.49. The molecule has 0 spiro atoms. The zero-order chi connectivity index (χ0) is 11.4. The van der Waals surface area contributed by atoms with Gasteiger partial charge in [0.25, 0.3) is 0 Å². The molecule has 1 aromatic carbocycles. The first-order valence-electron chi connectivity index (χ1n) is 5.91. The van der Waals surface area contributed by atoms with Crippen molar-refractivity contribution in [3.8, 4) is 0 Å². The second-order valence-corrected chi connectivity index (χ2v) is 5.26. The third-order valence-corrected chi connectivity index (χ3v) is 3.76. The minimum Gasteiger partial charge on any atom is -0.293 e. The molecule has 0 aromatic heterocycles. The number of rotatable bonds is 3. The van der Waals surface area contributed by atoms with Crippen molar-refractivity contribution in [1.29, 1.82) is 0 Å². The molecule has 16 heavy (non-hydrogen) atoms. The third kappa shape index (κ3) is 2.74. The van der Waals surface area contributed by atoms with E-state index in [0.29, 0.717) is 6.04 Å². The Morgan fingerprint density at radius 2 is 2.06 bits per heavy atom. The molecule has 0 unspecified atom stereocenters. The monoisotopic (exact) mass is 279 g/mol. The van der Waals surface area contributed by atoms with Crippen molar-refractivity contribution < 1.29 is 0 Å². The predicted molar refractivity (Wildman–Crippen MR) is 72.5 cm³/mol. The molecule has 1 heterocycles. The third-order valence-electron chi connectivity index (χ3n) is 3.23. The van der Waals surface area contributed by atoms with Gasteiger partial charge in [0, 0.05) is 17.1 Å². The van der Waals surface area contributed by atoms with Crippen molar-refractivity contribution in [3.63, 3.8) is 0 Å². The number of halogens is 1. The average molecular weight is 280 g/mol. The van der Waals surface area contributed by atoms with Gasteiger partial charge in [-0.25, -0.2) is 0 Å². The summed E-state index contributed by atoms with van der Waals surface area (Å²) in [5.41, 5.74) is 1.43. The summed E-state index contributed by atoms with van der Waals surface area (Å²) in [5.74, 6) is 0. The Morgan fingerprint density at radius 3 is 2.75 bits per heavy atom. The second kappa shape index (κ2) is 5.65. The lowest BCUT2D eigenvalue weighted by Crippen LogP contribution is -2.33. The van der Waals surface area contributed by atoms with Crippen molar-refractivity contribution in [2.45, 2.75) is 25.3 Å². The zero-order valence-electron chi connectivity index (χ0n) is 9.53. The minimum atomic E-state index is 0.583. The van der Waals surface area contributed by atoms with Crippen LogP contribution in [0.1, 0.15) is 30.9 Å². The van der Waals surface area contributed by atoms with E-state index in [9.17, 15) is 0 Å². The minimum absolute atomic E-state index is 0.583. The molecule has 1 atom stereocenters. The molecule has 0 radical (unpaired) electrons. The second-order valence-electron chi connectivity index (χ2n) is 4.35. The Morgan fingerprint density at radius 1 is 1.31 bits per heavy atom. The average Bonchev–Trinajstić information content (AvgIpc) is 2.32. The summed E-state index contributed by atoms with van der Waals surface area (Å²) in [5, 5.41) is 0. The Kier molecular flexibility index (Phi) is 4.19. The van der Waals surface area contributed by atoms with E-state index in [0.717, 1.165) is 11.0 Å². The molecule has 1 nitrogen and oxygen atoms in total. The highest BCUT2D eigenvalue weighted by Crippen LogP contribution is 2.31. The van der Waals surface area contributed by atoms with Crippen LogP contribution in [0.5, 0.6) is 0 Å². The Balaban J connectivity index is 2.15. The highest BCUT2D eigenvalue weighted by atomic mass is 79.9. The van der Waals surface area contributed by atoms with Gasteiger partial charge in [0.15, 0.2) is 0 Å². The van der Waals surface area contributed by atoms with Crippen LogP contribution in [0.25, 0.3) is 0 Å². The van der Waals surface area contributed by atoms with Crippen LogP contribution in [0.15, 0.2) is 41.4 Å². The van der Waals surface area contributed by atoms with Crippen LogP contribution in [0.2, 0.25) is 0 Å². The lowest BCUT2D eigenvalue weighted by molar-refractivity contribution is 0.166. The van der Waals surface area contributed by atoms with Gasteiger partial charge >= 0.3 is 0 Å². The lowest BCUT2D eigenvalue weighted by Gasteiger charge is -2.35. The highest BCUT2D eigenvalue weighted by molar-refractivity contribution is 9.10. The molecule has 1 aliphatic heterocycles. The molecule has 1 saturated heterocycles. The molecule has 0 amide bonds. The summed E-state index contributed by atoms with van der Waals surface area (Å²) in [7, 11) is 0. The molecule has 86 valence electrons. The van der Waals surface area contributed by atoms with Gasteiger partial charge in [-0.3, -0.25) is 4.90 Å². The first-order chi connectivity index (χ1) is 7.81. The van der Waals surface area contributed by atoms with Gasteiger partial charge in [-0.15, -0.1) is 6.58 Å². The molecule has 0 aliphatic carbocycles. The SMILES string of the molecule is C=CCN1CCCC[C@H]1c1ccc(Br)cc1. The largest absolute Gasteiger partial charge is 0.293 e. The smallest absolute Gasteiger partial charge is 0.0351 e. The fourth-order valence-corrected chi connectivity index (χ4v) is 2.70. The summed E-state index contributed by atoms with van der Waals surface area (Å²) < 4.78 is 1.15. The van der Waals surface area contributed by atoms with Crippen molar-refractivity contribution in [2.24, 2.45) is 0 Å². The molecule has 1 aliphatic rings. The van der Waals surface area contributed by atoms with Gasteiger partial charge < -0.3 is 0 Å². The van der Waals surface area contributed by atoms with Crippen LogP contribution in [-0.4, -0.2) is 18.0 Å². The van der Waals surface area contributed by atoms with Gasteiger partial charge in [-0.05, 0) is 37.1 Å². The quantitative estimate of drug-likeness (QED) is 0.751. The van der Waals surface area contributed by atoms with Crippen molar-refractivity contribution in [2.75, 3.05) is 13.1 Å². The van der Waals surface area contributed by atoms with E-state index in [1.807, 2.05) is 6.08 Å². The molecule has 1 fully saturated rings. The van der Waals surface area contributed by atoms with Crippen LogP contribution >= 0.6 is 15.9 Å². The maximum Gasteiger partial charge on any atom is 0.0351 e. The van der Waals surface area contributed by atoms with E-state index in [4.69, 9.17) is 0 Å². The molecule has 0 saturated carbocycles. The standard InChI is InChI=1S/C14H18BrN/c1-2-10-16-11-4-3-5-14(16)12-6-8-13(15)9-7-12/h2,6-9,14H,1,3-5,10-11H2/t14-/m0/s1. The van der Waals surface area contributed by atoms with E-state index in [1.54, 1.807) is 0 Å². The summed E-state index contributed by atoms with van der Waals surface area (Å²) in [6, 6.07) is 9.32. The van der Waals surface area contributed by atoms with Crippen LogP contribution in [0, 0.1) is 0 Å². The zero-order valence-corrected chi connectivity index (χ0v) is 11.1. The topological polar surface area (TPSA) is 3.24 Å². The fraction of sp³-hybridized carbons (Fsp3) is 0.429. The van der Waals surface area contributed by atoms with E-state index in [1.165, 1.54) is 31.4 Å². The van der Waals surface area contributed by atoms with Crippen LogP contribution in [-0.2, 0) is 0 Å². The number of benzene rings is 1. The van der Waals surface area contributed by atoms with E-state index >= 15 is 0 Å². The summed E-state index contributed by atoms with van der Waals surface area (Å²) in [6.07, 6.45) is 5.95. The Labute approximate surface area is 106 Å². The first kappa shape index (κ1) is 11.9.